The van der Waals surface area contributed by atoms with Crippen molar-refractivity contribution < 1.29 is 14.3 Å². The summed E-state index contributed by atoms with van der Waals surface area (Å²) >= 11 is 6.11. The first-order chi connectivity index (χ1) is 12.0. The summed E-state index contributed by atoms with van der Waals surface area (Å²) in [6, 6.07) is 7.32. The average Bonchev–Trinajstić information content (AvgIpc) is 2.59. The van der Waals surface area contributed by atoms with Gasteiger partial charge < -0.3 is 15.4 Å². The van der Waals surface area contributed by atoms with Crippen molar-refractivity contribution in [3.8, 4) is 5.75 Å². The molecule has 2 heterocycles. The van der Waals surface area contributed by atoms with E-state index in [1.165, 1.54) is 7.11 Å². The number of carbonyl (C=O) groups excluding carboxylic acids is 2. The minimum absolute atomic E-state index is 0.249. The van der Waals surface area contributed by atoms with E-state index in [9.17, 15) is 9.59 Å². The van der Waals surface area contributed by atoms with Crippen LogP contribution in [-0.2, 0) is 16.0 Å². The van der Waals surface area contributed by atoms with E-state index in [2.05, 4.69) is 15.6 Å². The zero-order valence-electron chi connectivity index (χ0n) is 13.9. The van der Waals surface area contributed by atoms with Gasteiger partial charge >= 0.3 is 0 Å². The molecular weight excluding hydrogens is 342 g/mol. The lowest BCUT2D eigenvalue weighted by Crippen LogP contribution is -2.58. The third-order valence-electron chi connectivity index (χ3n) is 4.21. The third-order valence-corrected chi connectivity index (χ3v) is 4.50. The molecule has 2 amide bonds. The molecule has 1 aromatic carbocycles. The van der Waals surface area contributed by atoms with Crippen LogP contribution in [0.15, 0.2) is 36.5 Å². The van der Waals surface area contributed by atoms with Gasteiger partial charge in [0.15, 0.2) is 0 Å². The van der Waals surface area contributed by atoms with Gasteiger partial charge in [-0.2, -0.15) is 0 Å². The van der Waals surface area contributed by atoms with Crippen molar-refractivity contribution in [3.05, 3.63) is 58.4 Å². The molecule has 0 spiro atoms. The van der Waals surface area contributed by atoms with Crippen molar-refractivity contribution in [3.63, 3.8) is 0 Å². The zero-order valence-corrected chi connectivity index (χ0v) is 14.6. The number of hydrogen-bond donors (Lipinski definition) is 2. The summed E-state index contributed by atoms with van der Waals surface area (Å²) in [5.74, 6) is -0.0162. The number of aromatic nitrogens is 1. The molecule has 130 valence electrons. The Kier molecular flexibility index (Phi) is 4.90. The Balaban J connectivity index is 1.76. The molecule has 2 unspecified atom stereocenters. The van der Waals surface area contributed by atoms with Gasteiger partial charge in [-0.15, -0.1) is 0 Å². The standard InChI is InChI=1S/C18H18ClN3O3/c1-10-4-3-7-20-13(10)9-14-17(23)22-16(18(24)21-14)11-5-6-15(25-2)12(19)8-11/h3-8,14,16H,9H2,1-2H3,(H,21,24)(H,22,23). The Morgan fingerprint density at radius 2 is 2.00 bits per heavy atom. The van der Waals surface area contributed by atoms with Crippen LogP contribution in [0.3, 0.4) is 0 Å². The number of ether oxygens (including phenoxy) is 1. The van der Waals surface area contributed by atoms with E-state index in [0.29, 0.717) is 22.8 Å². The number of carbonyl (C=O) groups is 2. The van der Waals surface area contributed by atoms with Crippen LogP contribution in [0.1, 0.15) is 22.9 Å². The van der Waals surface area contributed by atoms with E-state index in [0.717, 1.165) is 11.3 Å². The fraction of sp³-hybridized carbons (Fsp3) is 0.278. The third kappa shape index (κ3) is 3.58. The molecule has 7 heteroatoms. The minimum Gasteiger partial charge on any atom is -0.495 e. The predicted molar refractivity (Wildman–Crippen MR) is 93.5 cm³/mol. The summed E-state index contributed by atoms with van der Waals surface area (Å²) in [6.07, 6.45) is 2.02. The maximum absolute atomic E-state index is 12.5. The van der Waals surface area contributed by atoms with E-state index in [4.69, 9.17) is 16.3 Å². The lowest BCUT2D eigenvalue weighted by Gasteiger charge is -2.30. The number of aryl methyl sites for hydroxylation is 1. The number of pyridine rings is 1. The van der Waals surface area contributed by atoms with E-state index >= 15 is 0 Å². The maximum atomic E-state index is 12.5. The quantitative estimate of drug-likeness (QED) is 0.874. The second kappa shape index (κ2) is 7.11. The van der Waals surface area contributed by atoms with Crippen molar-refractivity contribution in [1.29, 1.82) is 0 Å². The molecule has 2 N–H and O–H groups in total. The largest absolute Gasteiger partial charge is 0.495 e. The van der Waals surface area contributed by atoms with Crippen molar-refractivity contribution in [2.24, 2.45) is 0 Å². The molecule has 1 fully saturated rings. The van der Waals surface area contributed by atoms with Crippen LogP contribution in [0.2, 0.25) is 5.02 Å². The lowest BCUT2D eigenvalue weighted by molar-refractivity contribution is -0.136. The van der Waals surface area contributed by atoms with Gasteiger partial charge in [0.25, 0.3) is 0 Å². The van der Waals surface area contributed by atoms with Crippen LogP contribution in [0.5, 0.6) is 5.75 Å². The number of nitrogens with zero attached hydrogens (tertiary/aromatic N) is 1. The van der Waals surface area contributed by atoms with Crippen molar-refractivity contribution in [1.82, 2.24) is 15.6 Å². The highest BCUT2D eigenvalue weighted by Gasteiger charge is 2.35. The van der Waals surface area contributed by atoms with Gasteiger partial charge in [-0.1, -0.05) is 23.7 Å². The summed E-state index contributed by atoms with van der Waals surface area (Å²) < 4.78 is 5.10. The average molecular weight is 360 g/mol. The van der Waals surface area contributed by atoms with Crippen molar-refractivity contribution >= 4 is 23.4 Å². The molecule has 1 saturated heterocycles. The lowest BCUT2D eigenvalue weighted by atomic mass is 9.99. The van der Waals surface area contributed by atoms with Gasteiger partial charge in [0, 0.05) is 18.3 Å². The Morgan fingerprint density at radius 3 is 2.68 bits per heavy atom. The molecule has 3 rings (SSSR count). The first kappa shape index (κ1) is 17.2. The van der Waals surface area contributed by atoms with Crippen molar-refractivity contribution in [2.75, 3.05) is 7.11 Å². The molecule has 0 bridgehead atoms. The Bertz CT molecular complexity index is 825. The summed E-state index contributed by atoms with van der Waals surface area (Å²) in [4.78, 5) is 29.2. The predicted octanol–water partition coefficient (Wildman–Crippen LogP) is 1.95. The van der Waals surface area contributed by atoms with Crippen LogP contribution < -0.4 is 15.4 Å². The van der Waals surface area contributed by atoms with Crippen LogP contribution >= 0.6 is 11.6 Å². The van der Waals surface area contributed by atoms with Gasteiger partial charge in [-0.25, -0.2) is 0 Å². The normalized spacial score (nSPS) is 20.0. The summed E-state index contributed by atoms with van der Waals surface area (Å²) in [6.45, 7) is 1.92. The SMILES string of the molecule is COc1ccc(C2NC(=O)C(Cc3ncccc3C)NC2=O)cc1Cl. The number of piperazine rings is 1. The van der Waals surface area contributed by atoms with Crippen LogP contribution in [0.25, 0.3) is 0 Å². The molecule has 1 aliphatic rings. The maximum Gasteiger partial charge on any atom is 0.247 e. The number of rotatable bonds is 4. The molecule has 0 aliphatic carbocycles. The summed E-state index contributed by atoms with van der Waals surface area (Å²) in [7, 11) is 1.51. The molecule has 25 heavy (non-hydrogen) atoms. The molecule has 2 aromatic rings. The fourth-order valence-corrected chi connectivity index (χ4v) is 3.06. The van der Waals surface area contributed by atoms with Crippen LogP contribution in [0, 0.1) is 6.92 Å². The highest BCUT2D eigenvalue weighted by molar-refractivity contribution is 6.32. The Hall–Kier alpha value is -2.60. The summed E-state index contributed by atoms with van der Waals surface area (Å²) in [5.41, 5.74) is 2.37. The summed E-state index contributed by atoms with van der Waals surface area (Å²) in [5, 5.41) is 5.91. The Labute approximate surface area is 150 Å². The number of halogens is 1. The molecule has 1 aromatic heterocycles. The molecule has 0 saturated carbocycles. The van der Waals surface area contributed by atoms with Crippen LogP contribution in [-0.4, -0.2) is 29.9 Å². The molecule has 0 radical (unpaired) electrons. The van der Waals surface area contributed by atoms with Crippen molar-refractivity contribution in [2.45, 2.75) is 25.4 Å². The first-order valence-electron chi connectivity index (χ1n) is 7.84. The second-order valence-corrected chi connectivity index (χ2v) is 6.28. The van der Waals surface area contributed by atoms with E-state index < -0.39 is 12.1 Å². The second-order valence-electron chi connectivity index (χ2n) is 5.87. The molecule has 1 aliphatic heterocycles. The number of benzene rings is 1. The number of methoxy groups -OCH3 is 1. The first-order valence-corrected chi connectivity index (χ1v) is 8.22. The molecular formula is C18H18ClN3O3. The highest BCUT2D eigenvalue weighted by Crippen LogP contribution is 2.28. The van der Waals surface area contributed by atoms with E-state index in [1.807, 2.05) is 19.1 Å². The Morgan fingerprint density at radius 1 is 1.20 bits per heavy atom. The smallest absolute Gasteiger partial charge is 0.247 e. The number of hydrogen-bond acceptors (Lipinski definition) is 4. The zero-order chi connectivity index (χ0) is 18.0. The van der Waals surface area contributed by atoms with Crippen LogP contribution in [0.4, 0.5) is 0 Å². The number of amides is 2. The van der Waals surface area contributed by atoms with E-state index in [1.54, 1.807) is 24.4 Å². The highest BCUT2D eigenvalue weighted by atomic mass is 35.5. The number of nitrogens with one attached hydrogen (secondary N) is 2. The topological polar surface area (TPSA) is 80.3 Å². The fourth-order valence-electron chi connectivity index (χ4n) is 2.80. The van der Waals surface area contributed by atoms with E-state index in [-0.39, 0.29) is 11.8 Å². The van der Waals surface area contributed by atoms with Gasteiger partial charge in [0.1, 0.15) is 17.8 Å². The van der Waals surface area contributed by atoms with Gasteiger partial charge in [0.05, 0.1) is 12.1 Å². The van der Waals surface area contributed by atoms with Gasteiger partial charge in [0.2, 0.25) is 11.8 Å². The van der Waals surface area contributed by atoms with Gasteiger partial charge in [-0.3, -0.25) is 14.6 Å². The molecule has 2 atom stereocenters. The monoisotopic (exact) mass is 359 g/mol. The van der Waals surface area contributed by atoms with Gasteiger partial charge in [-0.05, 0) is 36.2 Å². The minimum atomic E-state index is -0.781. The molecule has 6 nitrogen and oxygen atoms in total.